The van der Waals surface area contributed by atoms with E-state index in [0.717, 1.165) is 35.0 Å². The molecule has 2 aromatic rings. The summed E-state index contributed by atoms with van der Waals surface area (Å²) in [6, 6.07) is 19.0. The first-order valence-corrected chi connectivity index (χ1v) is 17.3. The molecular weight excluding hydrogens is 474 g/mol. The normalized spacial score (nSPS) is 38.0. The minimum Gasteiger partial charge on any atom is -0.316 e. The Balaban J connectivity index is 1.33. The molecule has 2 aromatic carbocycles. The molecule has 6 aliphatic rings. The third kappa shape index (κ3) is 4.24. The second-order valence-electron chi connectivity index (χ2n) is 12.8. The van der Waals surface area contributed by atoms with E-state index in [4.69, 9.17) is 0 Å². The zero-order valence-electron chi connectivity index (χ0n) is 21.8. The van der Waals surface area contributed by atoms with Crippen molar-refractivity contribution in [1.82, 2.24) is 10.6 Å². The van der Waals surface area contributed by atoms with Gasteiger partial charge in [-0.05, 0) is 133 Å². The van der Waals surface area contributed by atoms with Gasteiger partial charge in [0, 0.05) is 13.1 Å². The average Bonchev–Trinajstić information content (AvgIpc) is 3.62. The van der Waals surface area contributed by atoms with E-state index in [1.54, 1.807) is 11.1 Å². The van der Waals surface area contributed by atoms with E-state index in [2.05, 4.69) is 68.4 Å². The van der Waals surface area contributed by atoms with Gasteiger partial charge in [-0.15, -0.1) is 9.24 Å². The predicted octanol–water partition coefficient (Wildman–Crippen LogP) is 6.63. The van der Waals surface area contributed by atoms with Crippen LogP contribution in [-0.4, -0.2) is 43.7 Å². The number of rotatable bonds is 7. The first kappa shape index (κ1) is 24.3. The molecule has 2 aliphatic heterocycles. The SMILES string of the molecule is PCC1C2CC3CC(C2)CC1(c1ccc(-c2ccccc2)cc1CP(C1CCNC1)C1CCNC1)C3. The molecule has 6 fully saturated rings. The van der Waals surface area contributed by atoms with E-state index < -0.39 is 0 Å². The lowest BCUT2D eigenvalue weighted by Crippen LogP contribution is -2.56. The summed E-state index contributed by atoms with van der Waals surface area (Å²) in [5.41, 5.74) is 8.58. The molecule has 192 valence electrons. The topological polar surface area (TPSA) is 24.1 Å². The van der Waals surface area contributed by atoms with Crippen molar-refractivity contribution in [2.24, 2.45) is 23.7 Å². The monoisotopic (exact) mass is 518 g/mol. The minimum absolute atomic E-state index is 0.0268. The second-order valence-corrected chi connectivity index (χ2v) is 16.1. The van der Waals surface area contributed by atoms with E-state index in [1.807, 2.05) is 0 Å². The van der Waals surface area contributed by atoms with E-state index in [0.29, 0.717) is 5.41 Å². The molecule has 36 heavy (non-hydrogen) atoms. The van der Waals surface area contributed by atoms with E-state index in [9.17, 15) is 0 Å². The molecule has 2 N–H and O–H groups in total. The molecule has 4 saturated carbocycles. The van der Waals surface area contributed by atoms with Crippen molar-refractivity contribution in [2.75, 3.05) is 32.3 Å². The highest BCUT2D eigenvalue weighted by molar-refractivity contribution is 7.58. The van der Waals surface area contributed by atoms with Crippen LogP contribution in [0.1, 0.15) is 56.1 Å². The van der Waals surface area contributed by atoms with Crippen LogP contribution < -0.4 is 10.6 Å². The van der Waals surface area contributed by atoms with Gasteiger partial charge in [-0.25, -0.2) is 0 Å². The van der Waals surface area contributed by atoms with Crippen LogP contribution in [-0.2, 0) is 11.6 Å². The molecule has 4 aliphatic carbocycles. The Morgan fingerprint density at radius 1 is 0.833 bits per heavy atom. The Labute approximate surface area is 222 Å². The van der Waals surface area contributed by atoms with Crippen LogP contribution in [0.15, 0.2) is 48.5 Å². The molecule has 4 bridgehead atoms. The molecule has 0 aromatic heterocycles. The molecule has 6 atom stereocenters. The van der Waals surface area contributed by atoms with Crippen LogP contribution in [0.2, 0.25) is 0 Å². The molecule has 0 spiro atoms. The summed E-state index contributed by atoms with van der Waals surface area (Å²) in [6.45, 7) is 4.96. The molecule has 6 unspecified atom stereocenters. The lowest BCUT2D eigenvalue weighted by Gasteiger charge is -2.62. The zero-order valence-corrected chi connectivity index (χ0v) is 23.8. The molecule has 8 rings (SSSR count). The van der Waals surface area contributed by atoms with Crippen molar-refractivity contribution < 1.29 is 0 Å². The molecule has 2 nitrogen and oxygen atoms in total. The molecule has 0 radical (unpaired) electrons. The van der Waals surface area contributed by atoms with Crippen molar-refractivity contribution in [1.29, 1.82) is 0 Å². The first-order chi connectivity index (χ1) is 17.7. The molecule has 0 amide bonds. The largest absolute Gasteiger partial charge is 0.316 e. The fourth-order valence-corrected chi connectivity index (χ4v) is 13.9. The van der Waals surface area contributed by atoms with Crippen LogP contribution in [0, 0.1) is 23.7 Å². The summed E-state index contributed by atoms with van der Waals surface area (Å²) in [6.07, 6.45) is 12.9. The van der Waals surface area contributed by atoms with Gasteiger partial charge in [0.15, 0.2) is 0 Å². The van der Waals surface area contributed by atoms with Gasteiger partial charge in [-0.1, -0.05) is 56.5 Å². The summed E-state index contributed by atoms with van der Waals surface area (Å²) in [5, 5.41) is 7.46. The fourth-order valence-electron chi connectivity index (χ4n) is 9.60. The molecule has 2 saturated heterocycles. The van der Waals surface area contributed by atoms with E-state index in [1.165, 1.54) is 94.6 Å². The van der Waals surface area contributed by atoms with Gasteiger partial charge in [0.2, 0.25) is 0 Å². The van der Waals surface area contributed by atoms with Crippen molar-refractivity contribution >= 4 is 17.2 Å². The lowest BCUT2D eigenvalue weighted by atomic mass is 9.43. The maximum atomic E-state index is 3.73. The van der Waals surface area contributed by atoms with Crippen molar-refractivity contribution in [2.45, 2.75) is 67.8 Å². The number of hydrogen-bond donors (Lipinski definition) is 2. The van der Waals surface area contributed by atoms with Gasteiger partial charge < -0.3 is 10.6 Å². The predicted molar refractivity (Wildman–Crippen MR) is 158 cm³/mol. The maximum Gasteiger partial charge on any atom is 0.00196 e. The highest BCUT2D eigenvalue weighted by atomic mass is 31.1. The van der Waals surface area contributed by atoms with Gasteiger partial charge >= 0.3 is 0 Å². The summed E-state index contributed by atoms with van der Waals surface area (Å²) >= 11 is 0. The number of hydrogen-bond acceptors (Lipinski definition) is 2. The van der Waals surface area contributed by atoms with Crippen LogP contribution >= 0.6 is 17.2 Å². The van der Waals surface area contributed by atoms with E-state index in [-0.39, 0.29) is 7.92 Å². The third-order valence-corrected chi connectivity index (χ3v) is 14.9. The smallest absolute Gasteiger partial charge is 0.00196 e. The first-order valence-electron chi connectivity index (χ1n) is 14.8. The fraction of sp³-hybridized carbons (Fsp3) is 0.625. The second kappa shape index (κ2) is 10.1. The summed E-state index contributed by atoms with van der Waals surface area (Å²) in [4.78, 5) is 0. The summed E-state index contributed by atoms with van der Waals surface area (Å²) < 4.78 is 0. The quantitative estimate of drug-likeness (QED) is 0.402. The molecule has 2 heterocycles. The van der Waals surface area contributed by atoms with Gasteiger partial charge in [0.05, 0.1) is 0 Å². The highest BCUT2D eigenvalue weighted by Crippen LogP contribution is 2.65. The van der Waals surface area contributed by atoms with Crippen LogP contribution in [0.4, 0.5) is 0 Å². The van der Waals surface area contributed by atoms with Crippen molar-refractivity contribution in [3.8, 4) is 11.1 Å². The Hall–Kier alpha value is -0.780. The third-order valence-electron chi connectivity index (χ3n) is 10.9. The number of benzene rings is 2. The van der Waals surface area contributed by atoms with Gasteiger partial charge in [0.25, 0.3) is 0 Å². The van der Waals surface area contributed by atoms with Crippen LogP contribution in [0.25, 0.3) is 11.1 Å². The van der Waals surface area contributed by atoms with Gasteiger partial charge in [0.1, 0.15) is 0 Å². The Kier molecular flexibility index (Phi) is 6.79. The lowest BCUT2D eigenvalue weighted by molar-refractivity contribution is -0.0520. The van der Waals surface area contributed by atoms with E-state index >= 15 is 0 Å². The molecule has 4 heteroatoms. The summed E-state index contributed by atoms with van der Waals surface area (Å²) in [5.74, 6) is 3.80. The molecular formula is C32H44N2P2. The average molecular weight is 519 g/mol. The summed E-state index contributed by atoms with van der Waals surface area (Å²) in [7, 11) is 3.17. The standard InChI is InChI=1S/C32H44N2P2/c35-20-31-26-13-22-12-23(14-26)17-32(31,16-22)30-7-6-25(24-4-2-1-3-5-24)15-27(30)21-36(28-8-10-33-18-28)29-9-11-34-19-29/h1-7,15,22-23,26,28-29,31,33-34H,8-14,16-21,35H2. The minimum atomic E-state index is -0.0268. The van der Waals surface area contributed by atoms with Gasteiger partial charge in [-0.3, -0.25) is 0 Å². The van der Waals surface area contributed by atoms with Crippen LogP contribution in [0.5, 0.6) is 0 Å². The Morgan fingerprint density at radius 3 is 2.14 bits per heavy atom. The highest BCUT2D eigenvalue weighted by Gasteiger charge is 2.57. The Morgan fingerprint density at radius 2 is 1.53 bits per heavy atom. The zero-order chi connectivity index (χ0) is 24.1. The van der Waals surface area contributed by atoms with Crippen molar-refractivity contribution in [3.05, 3.63) is 59.7 Å². The maximum absolute atomic E-state index is 3.73. The Bertz CT molecular complexity index is 1030. The number of nitrogens with one attached hydrogen (secondary N) is 2. The van der Waals surface area contributed by atoms with Crippen molar-refractivity contribution in [3.63, 3.8) is 0 Å². The van der Waals surface area contributed by atoms with Gasteiger partial charge in [-0.2, -0.15) is 0 Å². The van der Waals surface area contributed by atoms with Crippen LogP contribution in [0.3, 0.4) is 0 Å².